The number of nitrogens with zero attached hydrogens (tertiary/aromatic N) is 1. The Kier molecular flexibility index (Phi) is 3.19. The highest BCUT2D eigenvalue weighted by Gasteiger charge is 2.11. The molecular weight excluding hydrogens is 210 g/mol. The van der Waals surface area contributed by atoms with Crippen LogP contribution in [-0.2, 0) is 0 Å². The fraction of sp³-hybridized carbons (Fsp3) is 0.364. The molecule has 1 aliphatic heterocycles. The van der Waals surface area contributed by atoms with Gasteiger partial charge in [-0.25, -0.2) is 0 Å². The zero-order valence-electron chi connectivity index (χ0n) is 8.41. The smallest absolute Gasteiger partial charge is 0.129 e. The average Bonchev–Trinajstić information content (AvgIpc) is 2.64. The van der Waals surface area contributed by atoms with Crippen LogP contribution in [-0.4, -0.2) is 16.7 Å². The first kappa shape index (κ1) is 10.1. The van der Waals surface area contributed by atoms with Gasteiger partial charge in [0.15, 0.2) is 0 Å². The molecule has 0 amide bonds. The van der Waals surface area contributed by atoms with Crippen LogP contribution in [0, 0.1) is 13.8 Å². The third kappa shape index (κ3) is 2.15. The molecule has 0 N–H and O–H groups in total. The van der Waals surface area contributed by atoms with Crippen LogP contribution in [0.3, 0.4) is 0 Å². The number of thioether (sulfide) groups is 2. The van der Waals surface area contributed by atoms with Crippen molar-refractivity contribution in [1.82, 2.24) is 0 Å². The van der Waals surface area contributed by atoms with E-state index < -0.39 is 0 Å². The Labute approximate surface area is 93.4 Å². The molecule has 0 unspecified atom stereocenters. The van der Waals surface area contributed by atoms with Crippen molar-refractivity contribution in [2.45, 2.75) is 18.7 Å². The molecule has 0 radical (unpaired) electrons. The fourth-order valence-electron chi connectivity index (χ4n) is 1.42. The Bertz CT molecular complexity index is 351. The first-order valence-electron chi connectivity index (χ1n) is 4.68. The maximum atomic E-state index is 4.46. The summed E-state index contributed by atoms with van der Waals surface area (Å²) in [6.07, 6.45) is 0. The van der Waals surface area contributed by atoms with E-state index in [0.717, 1.165) is 12.3 Å². The average molecular weight is 223 g/mol. The van der Waals surface area contributed by atoms with Gasteiger partial charge in [-0.3, -0.25) is 4.99 Å². The summed E-state index contributed by atoms with van der Waals surface area (Å²) < 4.78 is 1.22. The van der Waals surface area contributed by atoms with Gasteiger partial charge in [0, 0.05) is 10.6 Å². The quantitative estimate of drug-likeness (QED) is 0.722. The number of rotatable bonds is 1. The molecule has 0 bridgehead atoms. The molecule has 1 aromatic rings. The van der Waals surface area contributed by atoms with E-state index in [1.807, 2.05) is 23.5 Å². The van der Waals surface area contributed by atoms with E-state index in [9.17, 15) is 0 Å². The third-order valence-electron chi connectivity index (χ3n) is 2.16. The lowest BCUT2D eigenvalue weighted by molar-refractivity contribution is 1.18. The van der Waals surface area contributed by atoms with Crippen molar-refractivity contribution < 1.29 is 0 Å². The van der Waals surface area contributed by atoms with E-state index in [0.29, 0.717) is 0 Å². The summed E-state index contributed by atoms with van der Waals surface area (Å²) >= 11 is 3.68. The van der Waals surface area contributed by atoms with Crippen LogP contribution in [0.2, 0.25) is 0 Å². The number of aliphatic imine (C=N–C) groups is 1. The fourth-order valence-corrected chi connectivity index (χ4v) is 3.49. The zero-order chi connectivity index (χ0) is 9.97. The zero-order valence-corrected chi connectivity index (χ0v) is 10.0. The molecule has 3 heteroatoms. The van der Waals surface area contributed by atoms with Crippen molar-refractivity contribution in [3.05, 3.63) is 29.3 Å². The molecule has 2 rings (SSSR count). The van der Waals surface area contributed by atoms with Crippen LogP contribution in [0.1, 0.15) is 11.1 Å². The maximum Gasteiger partial charge on any atom is 0.129 e. The first-order chi connectivity index (χ1) is 6.77. The van der Waals surface area contributed by atoms with Crippen LogP contribution in [0.5, 0.6) is 0 Å². The normalized spacial score (nSPS) is 15.7. The summed E-state index contributed by atoms with van der Waals surface area (Å²) in [5, 5.41) is 0. The van der Waals surface area contributed by atoms with Gasteiger partial charge in [-0.15, -0.1) is 0 Å². The standard InChI is InChI=1S/C11H13NS2/c1-8-4-3-5-9(2)10(8)14-11-12-6-7-13-11/h3-5H,6-7H2,1-2H3. The van der Waals surface area contributed by atoms with E-state index in [1.54, 1.807) is 0 Å². The van der Waals surface area contributed by atoms with Gasteiger partial charge >= 0.3 is 0 Å². The Morgan fingerprint density at radius 2 is 2.00 bits per heavy atom. The molecule has 74 valence electrons. The van der Waals surface area contributed by atoms with E-state index >= 15 is 0 Å². The van der Waals surface area contributed by atoms with E-state index in [1.165, 1.54) is 20.4 Å². The molecule has 0 aromatic heterocycles. The van der Waals surface area contributed by atoms with Gasteiger partial charge in [-0.1, -0.05) is 41.7 Å². The lowest BCUT2D eigenvalue weighted by Gasteiger charge is -2.07. The Morgan fingerprint density at radius 3 is 2.57 bits per heavy atom. The lowest BCUT2D eigenvalue weighted by atomic mass is 10.2. The minimum Gasteiger partial charge on any atom is -0.271 e. The molecule has 14 heavy (non-hydrogen) atoms. The van der Waals surface area contributed by atoms with E-state index in [2.05, 4.69) is 37.0 Å². The molecule has 1 aliphatic rings. The van der Waals surface area contributed by atoms with Crippen LogP contribution in [0.4, 0.5) is 0 Å². The van der Waals surface area contributed by atoms with Crippen molar-refractivity contribution in [3.8, 4) is 0 Å². The molecule has 0 saturated carbocycles. The predicted molar refractivity (Wildman–Crippen MR) is 66.5 cm³/mol. The van der Waals surface area contributed by atoms with Crippen molar-refractivity contribution in [3.63, 3.8) is 0 Å². The highest BCUT2D eigenvalue weighted by Crippen LogP contribution is 2.33. The summed E-state index contributed by atoms with van der Waals surface area (Å²) in [7, 11) is 0. The molecule has 1 aromatic carbocycles. The second-order valence-corrected chi connectivity index (χ2v) is 5.66. The molecule has 0 aliphatic carbocycles. The molecule has 1 heterocycles. The molecule has 0 fully saturated rings. The first-order valence-corrected chi connectivity index (χ1v) is 6.49. The highest BCUT2D eigenvalue weighted by molar-refractivity contribution is 8.39. The van der Waals surface area contributed by atoms with Gasteiger partial charge in [-0.05, 0) is 25.0 Å². The number of hydrogen-bond acceptors (Lipinski definition) is 3. The molecular formula is C11H13NS2. The second-order valence-electron chi connectivity index (χ2n) is 3.32. The molecule has 0 spiro atoms. The molecule has 0 atom stereocenters. The van der Waals surface area contributed by atoms with Gasteiger partial charge in [0.1, 0.15) is 4.38 Å². The van der Waals surface area contributed by atoms with Crippen molar-refractivity contribution in [2.24, 2.45) is 4.99 Å². The lowest BCUT2D eigenvalue weighted by Crippen LogP contribution is -1.87. The van der Waals surface area contributed by atoms with Crippen molar-refractivity contribution in [1.29, 1.82) is 0 Å². The minimum absolute atomic E-state index is 0.984. The monoisotopic (exact) mass is 223 g/mol. The summed E-state index contributed by atoms with van der Waals surface area (Å²) in [5.41, 5.74) is 2.70. The van der Waals surface area contributed by atoms with Crippen LogP contribution in [0.15, 0.2) is 28.1 Å². The van der Waals surface area contributed by atoms with Crippen LogP contribution < -0.4 is 0 Å². The number of hydrogen-bond donors (Lipinski definition) is 0. The second kappa shape index (κ2) is 4.41. The van der Waals surface area contributed by atoms with Gasteiger partial charge in [0.05, 0.1) is 6.54 Å². The number of benzene rings is 1. The van der Waals surface area contributed by atoms with Crippen molar-refractivity contribution >= 4 is 27.9 Å². The number of aryl methyl sites for hydroxylation is 2. The van der Waals surface area contributed by atoms with Crippen LogP contribution in [0.25, 0.3) is 0 Å². The molecule has 0 saturated heterocycles. The Balaban J connectivity index is 2.23. The SMILES string of the molecule is Cc1cccc(C)c1SC1=NCCS1. The van der Waals surface area contributed by atoms with Crippen molar-refractivity contribution in [2.75, 3.05) is 12.3 Å². The summed E-state index contributed by atoms with van der Waals surface area (Å²) in [6.45, 7) is 5.31. The van der Waals surface area contributed by atoms with E-state index in [-0.39, 0.29) is 0 Å². The predicted octanol–water partition coefficient (Wildman–Crippen LogP) is 3.50. The maximum absolute atomic E-state index is 4.46. The van der Waals surface area contributed by atoms with Gasteiger partial charge in [-0.2, -0.15) is 0 Å². The summed E-state index contributed by atoms with van der Waals surface area (Å²) in [5.74, 6) is 1.15. The van der Waals surface area contributed by atoms with Crippen LogP contribution >= 0.6 is 23.5 Å². The topological polar surface area (TPSA) is 12.4 Å². The summed E-state index contributed by atoms with van der Waals surface area (Å²) in [6, 6.07) is 6.43. The Morgan fingerprint density at radius 1 is 1.29 bits per heavy atom. The van der Waals surface area contributed by atoms with Gasteiger partial charge in [0.25, 0.3) is 0 Å². The summed E-state index contributed by atoms with van der Waals surface area (Å²) in [4.78, 5) is 5.83. The molecule has 1 nitrogen and oxygen atoms in total. The van der Waals surface area contributed by atoms with Gasteiger partial charge < -0.3 is 0 Å². The highest BCUT2D eigenvalue weighted by atomic mass is 32.2. The minimum atomic E-state index is 0.984. The third-order valence-corrected chi connectivity index (χ3v) is 4.67. The van der Waals surface area contributed by atoms with Gasteiger partial charge in [0.2, 0.25) is 0 Å². The largest absolute Gasteiger partial charge is 0.271 e. The van der Waals surface area contributed by atoms with E-state index in [4.69, 9.17) is 0 Å². The Hall–Kier alpha value is -0.410.